The maximum Gasteiger partial charge on any atom is 0.123 e. The van der Waals surface area contributed by atoms with Gasteiger partial charge in [0.25, 0.3) is 0 Å². The van der Waals surface area contributed by atoms with Gasteiger partial charge >= 0.3 is 0 Å². The number of hydrogen-bond donors (Lipinski definition) is 0. The molecule has 2 aromatic rings. The second-order valence-corrected chi connectivity index (χ2v) is 6.68. The number of halogens is 1. The van der Waals surface area contributed by atoms with E-state index in [0.717, 1.165) is 30.7 Å². The highest BCUT2D eigenvalue weighted by Gasteiger charge is 2.19. The van der Waals surface area contributed by atoms with Gasteiger partial charge in [-0.1, -0.05) is 36.8 Å². The number of benzene rings is 2. The van der Waals surface area contributed by atoms with Crippen LogP contribution in [0.2, 0.25) is 0 Å². The molecule has 1 heterocycles. The Bertz CT molecular complexity index is 644. The lowest BCUT2D eigenvalue weighted by Gasteiger charge is -2.32. The molecule has 1 unspecified atom stereocenters. The molecule has 0 bridgehead atoms. The lowest BCUT2D eigenvalue weighted by atomic mass is 10.0. The van der Waals surface area contributed by atoms with Crippen molar-refractivity contribution < 1.29 is 9.13 Å². The van der Waals surface area contributed by atoms with E-state index in [9.17, 15) is 4.39 Å². The van der Waals surface area contributed by atoms with E-state index in [1.54, 1.807) is 12.1 Å². The van der Waals surface area contributed by atoms with Crippen LogP contribution in [0, 0.1) is 5.82 Å². The molecule has 0 saturated carbocycles. The summed E-state index contributed by atoms with van der Waals surface area (Å²) in [4.78, 5) is 2.37. The third-order valence-electron chi connectivity index (χ3n) is 4.90. The molecular weight excluding hydrogens is 301 g/mol. The van der Waals surface area contributed by atoms with Crippen LogP contribution in [0.25, 0.3) is 0 Å². The van der Waals surface area contributed by atoms with Gasteiger partial charge in [0.05, 0.1) is 0 Å². The van der Waals surface area contributed by atoms with Gasteiger partial charge in [0.15, 0.2) is 0 Å². The highest BCUT2D eigenvalue weighted by atomic mass is 19.1. The Morgan fingerprint density at radius 3 is 2.71 bits per heavy atom. The average Bonchev–Trinajstić information content (AvgIpc) is 2.61. The van der Waals surface area contributed by atoms with Gasteiger partial charge in [-0.3, -0.25) is 0 Å². The number of likely N-dealkylation sites (tertiary alicyclic amines) is 1. The number of ether oxygens (including phenoxy) is 1. The van der Waals surface area contributed by atoms with E-state index < -0.39 is 0 Å². The van der Waals surface area contributed by atoms with Gasteiger partial charge in [-0.25, -0.2) is 4.39 Å². The van der Waals surface area contributed by atoms with E-state index in [4.69, 9.17) is 4.74 Å². The Labute approximate surface area is 144 Å². The monoisotopic (exact) mass is 327 g/mol. The summed E-state index contributed by atoms with van der Waals surface area (Å²) < 4.78 is 19.7. The molecule has 2 aromatic carbocycles. The standard InChI is InChI=1S/C21H26FNO/c1-23-14-6-5-9-20(23)16-24-21-13-12-19(22)15-18(21)11-10-17-7-3-2-4-8-17/h2-4,7-8,12-13,15,20H,5-6,9-11,14,16H2,1H3. The first-order valence-corrected chi connectivity index (χ1v) is 8.88. The van der Waals surface area contributed by atoms with Gasteiger partial charge in [-0.2, -0.15) is 0 Å². The smallest absolute Gasteiger partial charge is 0.123 e. The summed E-state index contributed by atoms with van der Waals surface area (Å²) in [6.07, 6.45) is 5.40. The van der Waals surface area contributed by atoms with E-state index in [-0.39, 0.29) is 5.82 Å². The number of likely N-dealkylation sites (N-methyl/N-ethyl adjacent to an activating group) is 1. The number of piperidine rings is 1. The van der Waals surface area contributed by atoms with Crippen LogP contribution in [0.4, 0.5) is 4.39 Å². The molecule has 3 heteroatoms. The molecule has 1 atom stereocenters. The Balaban J connectivity index is 1.64. The van der Waals surface area contributed by atoms with Crippen molar-refractivity contribution in [1.29, 1.82) is 0 Å². The predicted octanol–water partition coefficient (Wildman–Crippen LogP) is 4.47. The van der Waals surface area contributed by atoms with Crippen molar-refractivity contribution in [3.8, 4) is 5.75 Å². The molecule has 0 amide bonds. The van der Waals surface area contributed by atoms with Crippen LogP contribution in [-0.4, -0.2) is 31.1 Å². The molecule has 1 fully saturated rings. The number of nitrogens with zero attached hydrogens (tertiary/aromatic N) is 1. The second kappa shape index (κ2) is 8.29. The fourth-order valence-electron chi connectivity index (χ4n) is 3.35. The number of rotatable bonds is 6. The quantitative estimate of drug-likeness (QED) is 0.776. The van der Waals surface area contributed by atoms with Crippen molar-refractivity contribution in [3.05, 3.63) is 65.5 Å². The molecule has 3 rings (SSSR count). The molecule has 1 aliphatic heterocycles. The zero-order valence-corrected chi connectivity index (χ0v) is 14.4. The first kappa shape index (κ1) is 17.0. The van der Waals surface area contributed by atoms with Crippen LogP contribution >= 0.6 is 0 Å². The Morgan fingerprint density at radius 1 is 1.08 bits per heavy atom. The summed E-state index contributed by atoms with van der Waals surface area (Å²) in [5.41, 5.74) is 2.22. The van der Waals surface area contributed by atoms with Crippen molar-refractivity contribution in [2.45, 2.75) is 38.1 Å². The van der Waals surface area contributed by atoms with E-state index in [0.29, 0.717) is 12.6 Å². The molecular formula is C21H26FNO. The summed E-state index contributed by atoms with van der Waals surface area (Å²) in [5, 5.41) is 0. The predicted molar refractivity (Wildman–Crippen MR) is 96.0 cm³/mol. The van der Waals surface area contributed by atoms with Crippen molar-refractivity contribution in [2.75, 3.05) is 20.2 Å². The third kappa shape index (κ3) is 4.57. The molecule has 0 radical (unpaired) electrons. The van der Waals surface area contributed by atoms with Crippen LogP contribution in [0.15, 0.2) is 48.5 Å². The first-order valence-electron chi connectivity index (χ1n) is 8.88. The molecule has 0 aliphatic carbocycles. The summed E-state index contributed by atoms with van der Waals surface area (Å²) in [6, 6.07) is 15.7. The lowest BCUT2D eigenvalue weighted by molar-refractivity contribution is 0.124. The van der Waals surface area contributed by atoms with Crippen LogP contribution < -0.4 is 4.74 Å². The second-order valence-electron chi connectivity index (χ2n) is 6.68. The van der Waals surface area contributed by atoms with E-state index in [2.05, 4.69) is 24.1 Å². The summed E-state index contributed by atoms with van der Waals surface area (Å²) >= 11 is 0. The van der Waals surface area contributed by atoms with Gasteiger partial charge < -0.3 is 9.64 Å². The first-order chi connectivity index (χ1) is 11.7. The molecule has 1 saturated heterocycles. The van der Waals surface area contributed by atoms with Crippen molar-refractivity contribution >= 4 is 0 Å². The van der Waals surface area contributed by atoms with Gasteiger partial charge in [0.1, 0.15) is 18.2 Å². The molecule has 0 spiro atoms. The van der Waals surface area contributed by atoms with Crippen LogP contribution in [0.1, 0.15) is 30.4 Å². The third-order valence-corrected chi connectivity index (χ3v) is 4.90. The minimum atomic E-state index is -0.194. The van der Waals surface area contributed by atoms with Crippen LogP contribution in [0.3, 0.4) is 0 Å². The normalized spacial score (nSPS) is 18.5. The van der Waals surface area contributed by atoms with Gasteiger partial charge in [0.2, 0.25) is 0 Å². The van der Waals surface area contributed by atoms with Gasteiger partial charge in [-0.05, 0) is 68.6 Å². The molecule has 2 nitrogen and oxygen atoms in total. The van der Waals surface area contributed by atoms with E-state index >= 15 is 0 Å². The zero-order chi connectivity index (χ0) is 16.8. The van der Waals surface area contributed by atoms with Crippen LogP contribution in [0.5, 0.6) is 5.75 Å². The van der Waals surface area contributed by atoms with Crippen molar-refractivity contribution in [1.82, 2.24) is 4.90 Å². The van der Waals surface area contributed by atoms with Gasteiger partial charge in [0, 0.05) is 6.04 Å². The minimum Gasteiger partial charge on any atom is -0.492 e. The topological polar surface area (TPSA) is 12.5 Å². The Morgan fingerprint density at radius 2 is 1.92 bits per heavy atom. The molecule has 0 aromatic heterocycles. The van der Waals surface area contributed by atoms with E-state index in [1.165, 1.54) is 30.9 Å². The molecule has 128 valence electrons. The number of aryl methyl sites for hydroxylation is 2. The Hall–Kier alpha value is -1.87. The van der Waals surface area contributed by atoms with Crippen molar-refractivity contribution in [2.24, 2.45) is 0 Å². The zero-order valence-electron chi connectivity index (χ0n) is 14.4. The largest absolute Gasteiger partial charge is 0.492 e. The summed E-state index contributed by atoms with van der Waals surface area (Å²) in [5.74, 6) is 0.631. The summed E-state index contributed by atoms with van der Waals surface area (Å²) in [6.45, 7) is 1.82. The number of hydrogen-bond acceptors (Lipinski definition) is 2. The minimum absolute atomic E-state index is 0.194. The fourth-order valence-corrected chi connectivity index (χ4v) is 3.35. The highest BCUT2D eigenvalue weighted by Crippen LogP contribution is 2.23. The van der Waals surface area contributed by atoms with Crippen LogP contribution in [-0.2, 0) is 12.8 Å². The van der Waals surface area contributed by atoms with Crippen molar-refractivity contribution in [3.63, 3.8) is 0 Å². The summed E-state index contributed by atoms with van der Waals surface area (Å²) in [7, 11) is 2.16. The van der Waals surface area contributed by atoms with Gasteiger partial charge in [-0.15, -0.1) is 0 Å². The van der Waals surface area contributed by atoms with E-state index in [1.807, 2.05) is 18.2 Å². The highest BCUT2D eigenvalue weighted by molar-refractivity contribution is 5.35. The maximum absolute atomic E-state index is 13.7. The molecule has 1 aliphatic rings. The molecule has 24 heavy (non-hydrogen) atoms. The fraction of sp³-hybridized carbons (Fsp3) is 0.429. The SMILES string of the molecule is CN1CCCCC1COc1ccc(F)cc1CCc1ccccc1. The average molecular weight is 327 g/mol. The lowest BCUT2D eigenvalue weighted by Crippen LogP contribution is -2.40. The molecule has 0 N–H and O–H groups in total. The Kier molecular flexibility index (Phi) is 5.86. The maximum atomic E-state index is 13.7.